The molecular formula is C80H77FN10O14. The lowest BCUT2D eigenvalue weighted by Gasteiger charge is -2.17. The van der Waals surface area contributed by atoms with Gasteiger partial charge in [-0.05, 0) is 133 Å². The van der Waals surface area contributed by atoms with E-state index in [0.717, 1.165) is 91.7 Å². The molecule has 0 unspecified atom stereocenters. The fourth-order valence-electron chi connectivity index (χ4n) is 11.6. The van der Waals surface area contributed by atoms with Crippen LogP contribution in [0.2, 0.25) is 0 Å². The molecule has 1 saturated heterocycles. The minimum absolute atomic E-state index is 0.0350. The fraction of sp³-hybridized carbons (Fsp3) is 0.212. The number of hydrogen-bond acceptors (Lipinski definition) is 17. The molecule has 25 heteroatoms. The highest BCUT2D eigenvalue weighted by Crippen LogP contribution is 2.32. The Morgan fingerprint density at radius 1 is 0.562 bits per heavy atom. The highest BCUT2D eigenvalue weighted by molar-refractivity contribution is 5.89. The number of rotatable bonds is 29. The first kappa shape index (κ1) is 73.3. The molecule has 5 heterocycles. The van der Waals surface area contributed by atoms with E-state index >= 15 is 0 Å². The van der Waals surface area contributed by atoms with Crippen LogP contribution in [-0.4, -0.2) is 129 Å². The van der Waals surface area contributed by atoms with Gasteiger partial charge in [0, 0.05) is 35.3 Å². The minimum Gasteiger partial charge on any atom is -0.493 e. The van der Waals surface area contributed by atoms with Crippen molar-refractivity contribution in [1.82, 2.24) is 43.6 Å². The number of aromatic nitrogens is 9. The van der Waals surface area contributed by atoms with Gasteiger partial charge in [-0.1, -0.05) is 151 Å². The second-order valence-corrected chi connectivity index (χ2v) is 23.9. The molecule has 0 aliphatic carbocycles. The number of nitrogens with zero attached hydrogens (tertiary/aromatic N) is 9. The number of ether oxygens (including phenoxy) is 7. The minimum atomic E-state index is -1.09. The number of ketones is 1. The van der Waals surface area contributed by atoms with Gasteiger partial charge < -0.3 is 58.4 Å². The van der Waals surface area contributed by atoms with Gasteiger partial charge in [-0.25, -0.2) is 18.5 Å². The van der Waals surface area contributed by atoms with E-state index in [1.807, 2.05) is 199 Å². The number of benzene rings is 9. The van der Waals surface area contributed by atoms with Crippen LogP contribution < -0.4 is 33.7 Å². The van der Waals surface area contributed by atoms with Crippen molar-refractivity contribution in [2.75, 3.05) is 45.4 Å². The van der Waals surface area contributed by atoms with E-state index in [1.54, 1.807) is 28.4 Å². The predicted octanol–water partition coefficient (Wildman–Crippen LogP) is 13.6. The monoisotopic (exact) mass is 1420 g/mol. The molecule has 1 aliphatic heterocycles. The van der Waals surface area contributed by atoms with E-state index in [1.165, 1.54) is 19.1 Å². The summed E-state index contributed by atoms with van der Waals surface area (Å²) < 4.78 is 60.1. The Morgan fingerprint density at radius 3 is 1.80 bits per heavy atom. The molecule has 4 aromatic heterocycles. The Balaban J connectivity index is 0.000000140. The van der Waals surface area contributed by atoms with Crippen molar-refractivity contribution in [3.05, 3.63) is 259 Å². The van der Waals surface area contributed by atoms with Crippen LogP contribution in [0.1, 0.15) is 49.1 Å². The Morgan fingerprint density at radius 2 is 1.15 bits per heavy atom. The van der Waals surface area contributed by atoms with Gasteiger partial charge in [0.15, 0.2) is 36.4 Å². The van der Waals surface area contributed by atoms with Crippen LogP contribution in [0.25, 0.3) is 49.5 Å². The maximum absolute atomic E-state index is 13.2. The van der Waals surface area contributed by atoms with E-state index in [9.17, 15) is 23.6 Å². The molecule has 0 saturated carbocycles. The second kappa shape index (κ2) is 36.6. The van der Waals surface area contributed by atoms with Gasteiger partial charge in [0.2, 0.25) is 5.95 Å². The van der Waals surface area contributed by atoms with Gasteiger partial charge in [-0.2, -0.15) is 4.98 Å². The SMILES string of the molecule is CC(=O)CNc1nnc(COc2cccc3ccccc23)n1Cc1ccccc1.COc1ccccc1OCCn1c(OCC(=O)O)nc2ccccc21.O=C(O)CCc1ccc(-c2ccc(F)cc2)n1C[C@@H]1CCCO1.O=C(O)COc1nnc(COc2cccc3ccccc23)n1-c1ccccc1. The van der Waals surface area contributed by atoms with E-state index < -0.39 is 31.1 Å². The van der Waals surface area contributed by atoms with Crippen molar-refractivity contribution in [2.24, 2.45) is 0 Å². The van der Waals surface area contributed by atoms with Crippen molar-refractivity contribution in [3.8, 4) is 52.0 Å². The number of imidazole rings is 1. The number of Topliss-reactive ketones (excluding diaryl/α,β-unsaturated/α-hetero) is 1. The summed E-state index contributed by atoms with van der Waals surface area (Å²) in [5, 5.41) is 50.6. The summed E-state index contributed by atoms with van der Waals surface area (Å²) in [5.74, 6) is 1.39. The summed E-state index contributed by atoms with van der Waals surface area (Å²) in [6, 6.07) is 72.8. The molecule has 24 nitrogen and oxygen atoms in total. The summed E-state index contributed by atoms with van der Waals surface area (Å²) in [6.07, 6.45) is 2.80. The quantitative estimate of drug-likeness (QED) is 0.0339. The zero-order valence-electron chi connectivity index (χ0n) is 57.7. The largest absolute Gasteiger partial charge is 0.493 e. The zero-order valence-corrected chi connectivity index (χ0v) is 57.7. The Kier molecular flexibility index (Phi) is 25.6. The van der Waals surface area contributed by atoms with Crippen LogP contribution in [0, 0.1) is 5.82 Å². The topological polar surface area (TPSA) is 290 Å². The van der Waals surface area contributed by atoms with E-state index in [0.29, 0.717) is 61.8 Å². The summed E-state index contributed by atoms with van der Waals surface area (Å²) in [5.41, 5.74) is 6.33. The number of methoxy groups -OCH3 is 1. The van der Waals surface area contributed by atoms with Gasteiger partial charge in [0.25, 0.3) is 6.01 Å². The summed E-state index contributed by atoms with van der Waals surface area (Å²) in [7, 11) is 1.59. The van der Waals surface area contributed by atoms with Crippen LogP contribution in [0.4, 0.5) is 10.3 Å². The van der Waals surface area contributed by atoms with Gasteiger partial charge in [0.1, 0.15) is 42.9 Å². The lowest BCUT2D eigenvalue weighted by molar-refractivity contribution is -0.140. The van der Waals surface area contributed by atoms with E-state index in [2.05, 4.69) is 47.4 Å². The normalized spacial score (nSPS) is 12.2. The standard InChI is InChI=1S/C23H22N4O2.C21H17N3O4.C18H20FNO3.C18H18N2O5/c1-17(28)14-24-23-26-25-22(27(23)15-18-8-3-2-4-9-18)16-29-21-13-7-11-19-10-5-6-12-20(19)21;25-20(26)14-28-21-23-22-19(24(21)16-9-2-1-3-10-16)13-27-18-12-6-8-15-7-4-5-11-17(15)18;19-14-5-3-13(4-6-14)17-9-7-15(8-10-18(21)22)20(17)12-16-2-1-11-23-16;1-23-15-8-4-5-9-16(15)24-11-10-20-14-7-3-2-6-13(14)19-18(20)25-12-17(21)22/h2-13H,14-16H2,1H3,(H,24,26);1-12H,13-14H2,(H,25,26);3-7,9,16H,1-2,8,10-12H2,(H,21,22);2-9H,10-12H2,1H3,(H,21,22)/t;;16-;/m..0./s1. The molecule has 4 N–H and O–H groups in total. The average Bonchev–Trinajstić information content (AvgIpc) is 1.67. The molecule has 0 amide bonds. The molecule has 0 radical (unpaired) electrons. The highest BCUT2D eigenvalue weighted by Gasteiger charge is 2.22. The average molecular weight is 1420 g/mol. The molecule has 0 bridgehead atoms. The Labute approximate surface area is 603 Å². The molecule has 0 spiro atoms. The van der Waals surface area contributed by atoms with E-state index in [4.69, 9.17) is 48.5 Å². The maximum Gasteiger partial charge on any atom is 0.341 e. The van der Waals surface area contributed by atoms with Gasteiger partial charge >= 0.3 is 23.9 Å². The number of aliphatic carboxylic acids is 3. The Bertz CT molecular complexity index is 5010. The van der Waals surface area contributed by atoms with Crippen LogP contribution >= 0.6 is 0 Å². The third-order valence-electron chi connectivity index (χ3n) is 16.6. The number of carbonyl (C=O) groups is 4. The molecule has 538 valence electrons. The van der Waals surface area contributed by atoms with Crippen LogP contribution in [0.5, 0.6) is 35.0 Å². The first-order chi connectivity index (χ1) is 51.2. The lowest BCUT2D eigenvalue weighted by atomic mass is 10.1. The summed E-state index contributed by atoms with van der Waals surface area (Å²) in [4.78, 5) is 48.2. The molecule has 1 fully saturated rings. The third-order valence-corrected chi connectivity index (χ3v) is 16.6. The van der Waals surface area contributed by atoms with Crippen molar-refractivity contribution in [3.63, 3.8) is 0 Å². The number of anilines is 1. The Hall–Kier alpha value is -12.9. The van der Waals surface area contributed by atoms with Crippen molar-refractivity contribution in [1.29, 1.82) is 0 Å². The molecule has 1 atom stereocenters. The molecular weight excluding hydrogens is 1340 g/mol. The molecule has 14 rings (SSSR count). The number of carboxylic acid groups (broad SMARTS) is 3. The molecule has 1 aliphatic rings. The number of halogens is 1. The number of carboxylic acids is 3. The predicted molar refractivity (Wildman–Crippen MR) is 392 cm³/mol. The van der Waals surface area contributed by atoms with Crippen LogP contribution in [0.15, 0.2) is 231 Å². The van der Waals surface area contributed by atoms with Crippen LogP contribution in [0.3, 0.4) is 0 Å². The van der Waals surface area contributed by atoms with Crippen molar-refractivity contribution in [2.45, 2.75) is 71.6 Å². The van der Waals surface area contributed by atoms with Crippen molar-refractivity contribution < 1.29 is 72.0 Å². The summed E-state index contributed by atoms with van der Waals surface area (Å²) >= 11 is 0. The number of carbonyl (C=O) groups excluding carboxylic acids is 1. The summed E-state index contributed by atoms with van der Waals surface area (Å²) in [6.45, 7) is 4.08. The lowest BCUT2D eigenvalue weighted by Crippen LogP contribution is -2.18. The van der Waals surface area contributed by atoms with E-state index in [-0.39, 0.29) is 55.9 Å². The van der Waals surface area contributed by atoms with Gasteiger partial charge in [-0.15, -0.1) is 15.3 Å². The number of nitrogens with one attached hydrogen (secondary N) is 1. The maximum atomic E-state index is 13.2. The number of para-hydroxylation sites is 5. The molecule has 9 aromatic carbocycles. The number of fused-ring (bicyclic) bond motifs is 3. The number of aryl methyl sites for hydroxylation is 1. The first-order valence-corrected chi connectivity index (χ1v) is 33.8. The van der Waals surface area contributed by atoms with Gasteiger partial charge in [-0.3, -0.25) is 18.7 Å². The zero-order chi connectivity index (χ0) is 73.3. The highest BCUT2D eigenvalue weighted by atomic mass is 19.1. The fourth-order valence-corrected chi connectivity index (χ4v) is 11.6. The smallest absolute Gasteiger partial charge is 0.341 e. The molecule has 13 aromatic rings. The third kappa shape index (κ3) is 20.2. The van der Waals surface area contributed by atoms with Crippen molar-refractivity contribution >= 4 is 62.2 Å². The number of hydrogen-bond donors (Lipinski definition) is 4. The first-order valence-electron chi connectivity index (χ1n) is 33.8. The van der Waals surface area contributed by atoms with Crippen LogP contribution in [-0.2, 0) is 63.2 Å². The van der Waals surface area contributed by atoms with Gasteiger partial charge in [0.05, 0.1) is 56.0 Å². The molecule has 105 heavy (non-hydrogen) atoms. The second-order valence-electron chi connectivity index (χ2n) is 23.9.